The summed E-state index contributed by atoms with van der Waals surface area (Å²) in [6.07, 6.45) is 6.75. The van der Waals surface area contributed by atoms with Crippen molar-refractivity contribution in [3.8, 4) is 0 Å². The summed E-state index contributed by atoms with van der Waals surface area (Å²) in [7, 11) is 0. The molecule has 1 heteroatoms. The Morgan fingerprint density at radius 2 is 1.92 bits per heavy atom. The van der Waals surface area contributed by atoms with E-state index in [2.05, 4.69) is 20.8 Å². The summed E-state index contributed by atoms with van der Waals surface area (Å²) >= 11 is 0. The monoisotopic (exact) mass is 169 g/mol. The maximum absolute atomic E-state index is 5.68. The summed E-state index contributed by atoms with van der Waals surface area (Å²) in [6.45, 7) is 7.98. The Balaban J connectivity index is 2.65. The topological polar surface area (TPSA) is 26.0 Å². The highest BCUT2D eigenvalue weighted by Crippen LogP contribution is 2.57. The number of hydrogen-bond acceptors (Lipinski definition) is 1. The summed E-state index contributed by atoms with van der Waals surface area (Å²) in [5.74, 6) is 0. The molecule has 0 amide bonds. The van der Waals surface area contributed by atoms with E-state index in [0.29, 0.717) is 10.8 Å². The molecule has 0 bridgehead atoms. The van der Waals surface area contributed by atoms with Crippen LogP contribution in [0, 0.1) is 10.8 Å². The van der Waals surface area contributed by atoms with Crippen LogP contribution >= 0.6 is 0 Å². The highest BCUT2D eigenvalue weighted by Gasteiger charge is 2.47. The first kappa shape index (κ1) is 10.0. The molecule has 1 nitrogen and oxygen atoms in total. The third kappa shape index (κ3) is 1.39. The molecule has 0 saturated heterocycles. The Labute approximate surface area is 76.7 Å². The molecular weight excluding hydrogens is 146 g/mol. The van der Waals surface area contributed by atoms with Crippen LogP contribution in [0.3, 0.4) is 0 Å². The molecule has 1 aliphatic rings. The van der Waals surface area contributed by atoms with E-state index >= 15 is 0 Å². The van der Waals surface area contributed by atoms with Crippen molar-refractivity contribution in [2.24, 2.45) is 16.6 Å². The second-order valence-corrected chi connectivity index (χ2v) is 4.91. The van der Waals surface area contributed by atoms with E-state index in [1.54, 1.807) is 0 Å². The van der Waals surface area contributed by atoms with Gasteiger partial charge in [0.05, 0.1) is 0 Å². The summed E-state index contributed by atoms with van der Waals surface area (Å²) in [6, 6.07) is 0. The van der Waals surface area contributed by atoms with Gasteiger partial charge in [-0.3, -0.25) is 0 Å². The van der Waals surface area contributed by atoms with Crippen molar-refractivity contribution in [3.63, 3.8) is 0 Å². The van der Waals surface area contributed by atoms with E-state index in [9.17, 15) is 0 Å². The van der Waals surface area contributed by atoms with Crippen LogP contribution in [0.5, 0.6) is 0 Å². The summed E-state index contributed by atoms with van der Waals surface area (Å²) in [5, 5.41) is 0. The van der Waals surface area contributed by atoms with Gasteiger partial charge in [0.1, 0.15) is 0 Å². The average Bonchev–Trinajstić information content (AvgIpc) is 1.96. The molecule has 1 fully saturated rings. The zero-order valence-electron chi connectivity index (χ0n) is 8.82. The highest BCUT2D eigenvalue weighted by molar-refractivity contribution is 4.97. The molecule has 0 atom stereocenters. The van der Waals surface area contributed by atoms with Crippen molar-refractivity contribution >= 4 is 0 Å². The van der Waals surface area contributed by atoms with Gasteiger partial charge in [-0.15, -0.1) is 0 Å². The molecule has 0 unspecified atom stereocenters. The van der Waals surface area contributed by atoms with Crippen LogP contribution in [0.4, 0.5) is 0 Å². The number of rotatable bonds is 4. The first-order valence-corrected chi connectivity index (χ1v) is 5.28. The Bertz CT molecular complexity index is 145. The van der Waals surface area contributed by atoms with E-state index < -0.39 is 0 Å². The summed E-state index contributed by atoms with van der Waals surface area (Å²) < 4.78 is 0. The fourth-order valence-corrected chi connectivity index (χ4v) is 2.52. The van der Waals surface area contributed by atoms with Crippen LogP contribution in [-0.2, 0) is 0 Å². The third-order valence-electron chi connectivity index (χ3n) is 4.25. The van der Waals surface area contributed by atoms with Gasteiger partial charge in [0.15, 0.2) is 0 Å². The molecule has 12 heavy (non-hydrogen) atoms. The van der Waals surface area contributed by atoms with Gasteiger partial charge in [-0.1, -0.05) is 33.6 Å². The lowest BCUT2D eigenvalue weighted by atomic mass is 9.52. The Kier molecular flexibility index (Phi) is 2.82. The summed E-state index contributed by atoms with van der Waals surface area (Å²) in [4.78, 5) is 0. The van der Waals surface area contributed by atoms with Gasteiger partial charge in [0.25, 0.3) is 0 Å². The molecule has 0 aliphatic heterocycles. The van der Waals surface area contributed by atoms with Crippen LogP contribution < -0.4 is 5.73 Å². The smallest absolute Gasteiger partial charge is 0.00718 e. The normalized spacial score (nSPS) is 22.0. The zero-order chi connectivity index (χ0) is 9.24. The molecule has 1 rings (SSSR count). The molecule has 0 spiro atoms. The van der Waals surface area contributed by atoms with Gasteiger partial charge in [0, 0.05) is 0 Å². The predicted octanol–water partition coefficient (Wildman–Crippen LogP) is 2.94. The van der Waals surface area contributed by atoms with E-state index in [1.807, 2.05) is 0 Å². The second-order valence-electron chi connectivity index (χ2n) is 4.91. The molecule has 1 saturated carbocycles. The lowest BCUT2D eigenvalue weighted by Gasteiger charge is -2.53. The third-order valence-corrected chi connectivity index (χ3v) is 4.25. The van der Waals surface area contributed by atoms with Crippen LogP contribution in [0.1, 0.15) is 52.9 Å². The van der Waals surface area contributed by atoms with Gasteiger partial charge in [-0.05, 0) is 36.6 Å². The van der Waals surface area contributed by atoms with Crippen LogP contribution in [0.15, 0.2) is 0 Å². The number of nitrogens with two attached hydrogens (primary N) is 1. The van der Waals surface area contributed by atoms with Gasteiger partial charge >= 0.3 is 0 Å². The molecule has 72 valence electrons. The maximum Gasteiger partial charge on any atom is -0.00718 e. The van der Waals surface area contributed by atoms with Crippen molar-refractivity contribution < 1.29 is 0 Å². The van der Waals surface area contributed by atoms with E-state index in [1.165, 1.54) is 32.1 Å². The van der Waals surface area contributed by atoms with Crippen molar-refractivity contribution in [1.82, 2.24) is 0 Å². The van der Waals surface area contributed by atoms with Gasteiger partial charge < -0.3 is 5.73 Å². The second kappa shape index (κ2) is 3.37. The molecule has 0 heterocycles. The van der Waals surface area contributed by atoms with Gasteiger partial charge in [0.2, 0.25) is 0 Å². The molecule has 1 aliphatic carbocycles. The molecule has 0 aromatic rings. The lowest BCUT2D eigenvalue weighted by molar-refractivity contribution is -0.0248. The minimum atomic E-state index is 0.505. The lowest BCUT2D eigenvalue weighted by Crippen LogP contribution is -2.44. The Hall–Kier alpha value is -0.0400. The zero-order valence-corrected chi connectivity index (χ0v) is 8.82. The minimum absolute atomic E-state index is 0.505. The number of hydrogen-bond donors (Lipinski definition) is 1. The molecular formula is C11H23N. The molecule has 0 aromatic heterocycles. The van der Waals surface area contributed by atoms with E-state index in [0.717, 1.165) is 6.54 Å². The summed E-state index contributed by atoms with van der Waals surface area (Å²) in [5.41, 5.74) is 6.77. The van der Waals surface area contributed by atoms with Gasteiger partial charge in [-0.2, -0.15) is 0 Å². The minimum Gasteiger partial charge on any atom is -0.330 e. The first-order chi connectivity index (χ1) is 5.58. The van der Waals surface area contributed by atoms with Crippen molar-refractivity contribution in [1.29, 1.82) is 0 Å². The largest absolute Gasteiger partial charge is 0.330 e. The van der Waals surface area contributed by atoms with Crippen molar-refractivity contribution in [2.45, 2.75) is 52.9 Å². The van der Waals surface area contributed by atoms with Crippen molar-refractivity contribution in [2.75, 3.05) is 6.54 Å². The molecule has 0 radical (unpaired) electrons. The highest BCUT2D eigenvalue weighted by atomic mass is 14.6. The van der Waals surface area contributed by atoms with Crippen LogP contribution in [-0.4, -0.2) is 6.54 Å². The van der Waals surface area contributed by atoms with E-state index in [-0.39, 0.29) is 0 Å². The standard InChI is InChI=1S/C11H23N/c1-4-10(2,3)11(8-9-12)6-5-7-11/h4-9,12H2,1-3H3. The fourth-order valence-electron chi connectivity index (χ4n) is 2.52. The van der Waals surface area contributed by atoms with Crippen LogP contribution in [0.2, 0.25) is 0 Å². The Morgan fingerprint density at radius 1 is 1.33 bits per heavy atom. The molecule has 0 aromatic carbocycles. The Morgan fingerprint density at radius 3 is 2.17 bits per heavy atom. The van der Waals surface area contributed by atoms with Crippen molar-refractivity contribution in [3.05, 3.63) is 0 Å². The SMILES string of the molecule is CCC(C)(C)C1(CCN)CCC1. The average molecular weight is 169 g/mol. The van der Waals surface area contributed by atoms with E-state index in [4.69, 9.17) is 5.73 Å². The van der Waals surface area contributed by atoms with Gasteiger partial charge in [-0.25, -0.2) is 0 Å². The maximum atomic E-state index is 5.68. The first-order valence-electron chi connectivity index (χ1n) is 5.28. The van der Waals surface area contributed by atoms with Crippen LogP contribution in [0.25, 0.3) is 0 Å². The predicted molar refractivity (Wildman–Crippen MR) is 54.0 cm³/mol. The molecule has 2 N–H and O–H groups in total. The quantitative estimate of drug-likeness (QED) is 0.688. The fraction of sp³-hybridized carbons (Fsp3) is 1.00.